The fraction of sp³-hybridized carbons (Fsp3) is 0.235. The van der Waals surface area contributed by atoms with E-state index in [9.17, 15) is 4.79 Å². The van der Waals surface area contributed by atoms with Crippen LogP contribution in [0.2, 0.25) is 0 Å². The number of amides is 1. The zero-order valence-electron chi connectivity index (χ0n) is 12.6. The largest absolute Gasteiger partial charge is 0.397 e. The van der Waals surface area contributed by atoms with Crippen molar-refractivity contribution in [3.8, 4) is 0 Å². The van der Waals surface area contributed by atoms with Crippen molar-refractivity contribution in [2.75, 3.05) is 42.3 Å². The van der Waals surface area contributed by atoms with Crippen molar-refractivity contribution in [1.29, 1.82) is 0 Å². The van der Waals surface area contributed by atoms with Gasteiger partial charge in [0.05, 0.1) is 24.6 Å². The van der Waals surface area contributed by atoms with E-state index < -0.39 is 0 Å². The van der Waals surface area contributed by atoms with Gasteiger partial charge < -0.3 is 20.7 Å². The molecule has 0 atom stereocenters. The number of nitrogens with two attached hydrogens (primary N) is 1. The predicted molar refractivity (Wildman–Crippen MR) is 101 cm³/mol. The zero-order chi connectivity index (χ0) is 16.2. The van der Waals surface area contributed by atoms with Gasteiger partial charge in [-0.15, -0.1) is 0 Å². The number of morpholine rings is 1. The predicted octanol–water partition coefficient (Wildman–Crippen LogP) is 2.96. The van der Waals surface area contributed by atoms with E-state index in [2.05, 4.69) is 32.8 Å². The summed E-state index contributed by atoms with van der Waals surface area (Å²) in [6.45, 7) is 3.09. The number of nitrogen functional groups attached to an aromatic ring is 1. The fourth-order valence-electron chi connectivity index (χ4n) is 2.53. The van der Waals surface area contributed by atoms with Gasteiger partial charge in [-0.3, -0.25) is 4.79 Å². The number of anilines is 3. The SMILES string of the molecule is Nc1cc(NC(=O)c2ccc(I)cc2)ccc1N1CCOCC1. The molecule has 1 amide bonds. The molecule has 1 aliphatic heterocycles. The Balaban J connectivity index is 1.72. The lowest BCUT2D eigenvalue weighted by molar-refractivity contribution is 0.102. The number of carbonyl (C=O) groups is 1. The van der Waals surface area contributed by atoms with Crippen molar-refractivity contribution >= 4 is 45.6 Å². The number of nitrogens with zero attached hydrogens (tertiary/aromatic N) is 1. The maximum absolute atomic E-state index is 12.2. The summed E-state index contributed by atoms with van der Waals surface area (Å²) in [6.07, 6.45) is 0. The maximum Gasteiger partial charge on any atom is 0.255 e. The molecule has 0 radical (unpaired) electrons. The number of rotatable bonds is 3. The second-order valence-corrected chi connectivity index (χ2v) is 6.58. The lowest BCUT2D eigenvalue weighted by Gasteiger charge is -2.30. The van der Waals surface area contributed by atoms with E-state index in [1.54, 1.807) is 6.07 Å². The van der Waals surface area contributed by atoms with Crippen LogP contribution in [-0.2, 0) is 4.74 Å². The zero-order valence-corrected chi connectivity index (χ0v) is 14.7. The van der Waals surface area contributed by atoms with E-state index in [0.717, 1.165) is 22.3 Å². The van der Waals surface area contributed by atoms with Crippen LogP contribution in [0.3, 0.4) is 0 Å². The molecule has 3 rings (SSSR count). The molecule has 2 aromatic carbocycles. The van der Waals surface area contributed by atoms with Crippen LogP contribution in [0.4, 0.5) is 17.1 Å². The summed E-state index contributed by atoms with van der Waals surface area (Å²) in [6, 6.07) is 13.1. The van der Waals surface area contributed by atoms with E-state index in [4.69, 9.17) is 10.5 Å². The van der Waals surface area contributed by atoms with Crippen molar-refractivity contribution in [1.82, 2.24) is 0 Å². The highest BCUT2D eigenvalue weighted by molar-refractivity contribution is 14.1. The molecule has 3 N–H and O–H groups in total. The highest BCUT2D eigenvalue weighted by atomic mass is 127. The number of ether oxygens (including phenoxy) is 1. The van der Waals surface area contributed by atoms with Gasteiger partial charge in [0.2, 0.25) is 0 Å². The van der Waals surface area contributed by atoms with Crippen LogP contribution in [0.15, 0.2) is 42.5 Å². The summed E-state index contributed by atoms with van der Waals surface area (Å²) in [4.78, 5) is 14.4. The second-order valence-electron chi connectivity index (χ2n) is 5.33. The second kappa shape index (κ2) is 7.18. The molecule has 5 nitrogen and oxygen atoms in total. The molecule has 1 heterocycles. The number of nitrogens with one attached hydrogen (secondary N) is 1. The van der Waals surface area contributed by atoms with Crippen molar-refractivity contribution in [2.45, 2.75) is 0 Å². The van der Waals surface area contributed by atoms with Crippen LogP contribution >= 0.6 is 22.6 Å². The highest BCUT2D eigenvalue weighted by Crippen LogP contribution is 2.27. The summed E-state index contributed by atoms with van der Waals surface area (Å²) in [7, 11) is 0. The Kier molecular flexibility index (Phi) is 5.02. The number of carbonyl (C=O) groups excluding carboxylic acids is 1. The third kappa shape index (κ3) is 3.94. The van der Waals surface area contributed by atoms with Crippen molar-refractivity contribution in [3.05, 3.63) is 51.6 Å². The molecular weight excluding hydrogens is 405 g/mol. The van der Waals surface area contributed by atoms with E-state index in [0.29, 0.717) is 30.2 Å². The Morgan fingerprint density at radius 3 is 2.48 bits per heavy atom. The van der Waals surface area contributed by atoms with Crippen LogP contribution in [-0.4, -0.2) is 32.2 Å². The summed E-state index contributed by atoms with van der Waals surface area (Å²) < 4.78 is 6.45. The first kappa shape index (κ1) is 16.1. The van der Waals surface area contributed by atoms with Gasteiger partial charge in [-0.25, -0.2) is 0 Å². The van der Waals surface area contributed by atoms with Gasteiger partial charge in [0.25, 0.3) is 5.91 Å². The molecule has 23 heavy (non-hydrogen) atoms. The van der Waals surface area contributed by atoms with E-state index in [1.807, 2.05) is 36.4 Å². The van der Waals surface area contributed by atoms with Gasteiger partial charge in [0, 0.05) is 27.9 Å². The molecule has 1 saturated heterocycles. The van der Waals surface area contributed by atoms with Gasteiger partial charge in [0.15, 0.2) is 0 Å². The van der Waals surface area contributed by atoms with E-state index >= 15 is 0 Å². The fourth-order valence-corrected chi connectivity index (χ4v) is 2.89. The smallest absolute Gasteiger partial charge is 0.255 e. The lowest BCUT2D eigenvalue weighted by atomic mass is 10.2. The first-order valence-corrected chi connectivity index (χ1v) is 8.50. The average molecular weight is 423 g/mol. The minimum absolute atomic E-state index is 0.139. The monoisotopic (exact) mass is 423 g/mol. The van der Waals surface area contributed by atoms with Crippen LogP contribution in [0.1, 0.15) is 10.4 Å². The summed E-state index contributed by atoms with van der Waals surface area (Å²) >= 11 is 2.21. The number of benzene rings is 2. The number of hydrogen-bond acceptors (Lipinski definition) is 4. The lowest BCUT2D eigenvalue weighted by Crippen LogP contribution is -2.36. The Labute approximate surface area is 148 Å². The minimum Gasteiger partial charge on any atom is -0.397 e. The van der Waals surface area contributed by atoms with Crippen molar-refractivity contribution in [3.63, 3.8) is 0 Å². The van der Waals surface area contributed by atoms with Crippen LogP contribution < -0.4 is 16.0 Å². The molecule has 0 unspecified atom stereocenters. The topological polar surface area (TPSA) is 67.6 Å². The third-order valence-electron chi connectivity index (χ3n) is 3.74. The summed E-state index contributed by atoms with van der Waals surface area (Å²) in [5.41, 5.74) is 9.12. The Morgan fingerprint density at radius 1 is 1.13 bits per heavy atom. The number of halogens is 1. The third-order valence-corrected chi connectivity index (χ3v) is 4.46. The van der Waals surface area contributed by atoms with E-state index in [-0.39, 0.29) is 5.91 Å². The molecule has 0 spiro atoms. The highest BCUT2D eigenvalue weighted by Gasteiger charge is 2.14. The van der Waals surface area contributed by atoms with Gasteiger partial charge in [0.1, 0.15) is 0 Å². The maximum atomic E-state index is 12.2. The molecule has 2 aromatic rings. The molecule has 6 heteroatoms. The molecular formula is C17H18IN3O2. The summed E-state index contributed by atoms with van der Waals surface area (Å²) in [5, 5.41) is 2.88. The van der Waals surface area contributed by atoms with Gasteiger partial charge >= 0.3 is 0 Å². The van der Waals surface area contributed by atoms with Crippen LogP contribution in [0, 0.1) is 3.57 Å². The van der Waals surface area contributed by atoms with Gasteiger partial charge in [-0.05, 0) is 65.1 Å². The average Bonchev–Trinajstić information content (AvgIpc) is 2.56. The van der Waals surface area contributed by atoms with E-state index in [1.165, 1.54) is 0 Å². The molecule has 1 fully saturated rings. The molecule has 0 saturated carbocycles. The molecule has 120 valence electrons. The Bertz CT molecular complexity index is 697. The summed E-state index contributed by atoms with van der Waals surface area (Å²) in [5.74, 6) is -0.139. The standard InChI is InChI=1S/C17H18IN3O2/c18-13-3-1-12(2-4-13)17(22)20-14-5-6-16(15(19)11-14)21-7-9-23-10-8-21/h1-6,11H,7-10,19H2,(H,20,22). The van der Waals surface area contributed by atoms with Gasteiger partial charge in [-0.2, -0.15) is 0 Å². The van der Waals surface area contributed by atoms with Gasteiger partial charge in [-0.1, -0.05) is 0 Å². The van der Waals surface area contributed by atoms with Crippen molar-refractivity contribution < 1.29 is 9.53 Å². The minimum atomic E-state index is -0.139. The molecule has 0 bridgehead atoms. The quantitative estimate of drug-likeness (QED) is 0.589. The number of hydrogen-bond donors (Lipinski definition) is 2. The molecule has 0 aliphatic carbocycles. The van der Waals surface area contributed by atoms with Crippen LogP contribution in [0.5, 0.6) is 0 Å². The normalized spacial score (nSPS) is 14.6. The first-order valence-electron chi connectivity index (χ1n) is 7.42. The van der Waals surface area contributed by atoms with Crippen LogP contribution in [0.25, 0.3) is 0 Å². The molecule has 1 aliphatic rings. The Hall–Kier alpha value is -1.80. The van der Waals surface area contributed by atoms with Crippen molar-refractivity contribution in [2.24, 2.45) is 0 Å². The first-order chi connectivity index (χ1) is 11.1. The molecule has 0 aromatic heterocycles. The Morgan fingerprint density at radius 2 is 1.83 bits per heavy atom.